The minimum absolute atomic E-state index is 0. The highest BCUT2D eigenvalue weighted by Gasteiger charge is 2.49. The van der Waals surface area contributed by atoms with E-state index in [1.54, 1.807) is 26.2 Å². The summed E-state index contributed by atoms with van der Waals surface area (Å²) in [6.45, 7) is 47.9. The molecule has 5 aromatic rings. The highest BCUT2D eigenvalue weighted by atomic mass is 16.5. The van der Waals surface area contributed by atoms with Gasteiger partial charge in [-0.2, -0.15) is 0 Å². The number of furan rings is 1. The first kappa shape index (κ1) is 82.2. The van der Waals surface area contributed by atoms with Gasteiger partial charge in [0.2, 0.25) is 11.8 Å². The van der Waals surface area contributed by atoms with Crippen LogP contribution in [0.2, 0.25) is 0 Å². The summed E-state index contributed by atoms with van der Waals surface area (Å²) in [5.41, 5.74) is 14.4. The zero-order valence-electron chi connectivity index (χ0n) is 68.5. The van der Waals surface area contributed by atoms with Gasteiger partial charge in [-0.1, -0.05) is 187 Å². The largest absolute Gasteiger partial charge is 0.472 e. The second kappa shape index (κ2) is 35.1. The van der Waals surface area contributed by atoms with Crippen molar-refractivity contribution in [3.05, 3.63) is 166 Å². The smallest absolute Gasteiger partial charge is 0.407 e. The Morgan fingerprint density at radius 2 is 0.774 bits per heavy atom. The highest BCUT2D eigenvalue weighted by molar-refractivity contribution is 5.94. The number of fused-ring (bicyclic) bond motifs is 8. The molecular formula is C92H146N8O6. The molecule has 4 N–H and O–H groups in total. The number of rotatable bonds is 15. The van der Waals surface area contributed by atoms with E-state index in [1.165, 1.54) is 207 Å². The molecule has 1 unspecified atom stereocenters. The minimum Gasteiger partial charge on any atom is -0.472 e. The molecule has 4 spiro atoms. The van der Waals surface area contributed by atoms with Crippen LogP contribution in [-0.4, -0.2) is 129 Å². The lowest BCUT2D eigenvalue weighted by atomic mass is 9.63. The van der Waals surface area contributed by atoms with Crippen molar-refractivity contribution in [2.24, 2.45) is 27.6 Å². The van der Waals surface area contributed by atoms with E-state index >= 15 is 0 Å². The number of nitrogens with zero attached hydrogens (tertiary/aromatic N) is 4. The van der Waals surface area contributed by atoms with Crippen LogP contribution < -0.4 is 21.3 Å². The molecule has 14 heteroatoms. The number of methoxy groups -OCH3 is 1. The summed E-state index contributed by atoms with van der Waals surface area (Å²) in [6, 6.07) is 37.3. The Hall–Kier alpha value is -6.32. The van der Waals surface area contributed by atoms with E-state index in [0.29, 0.717) is 38.1 Å². The Balaban J connectivity index is 0.000000227. The van der Waals surface area contributed by atoms with Gasteiger partial charge in [-0.15, -0.1) is 0 Å². The first-order valence-corrected chi connectivity index (χ1v) is 41.2. The summed E-state index contributed by atoms with van der Waals surface area (Å²) in [4.78, 5) is 58.1. The van der Waals surface area contributed by atoms with Crippen molar-refractivity contribution in [3.63, 3.8) is 0 Å². The molecule has 4 amide bonds. The lowest BCUT2D eigenvalue weighted by molar-refractivity contribution is -0.120. The molecule has 4 aromatic carbocycles. The third-order valence-electron chi connectivity index (χ3n) is 25.6. The Morgan fingerprint density at radius 3 is 1.10 bits per heavy atom. The molecule has 4 aliphatic heterocycles. The van der Waals surface area contributed by atoms with Crippen LogP contribution in [0.25, 0.3) is 0 Å². The Labute approximate surface area is 646 Å². The van der Waals surface area contributed by atoms with Crippen molar-refractivity contribution in [1.82, 2.24) is 40.9 Å². The highest BCUT2D eigenvalue weighted by Crippen LogP contribution is 2.54. The zero-order valence-corrected chi connectivity index (χ0v) is 68.5. The fraction of sp³-hybridized carbons (Fsp3) is 0.652. The first-order chi connectivity index (χ1) is 50.2. The van der Waals surface area contributed by atoms with Crippen molar-refractivity contribution >= 4 is 23.8 Å². The summed E-state index contributed by atoms with van der Waals surface area (Å²) < 4.78 is 9.90. The summed E-state index contributed by atoms with van der Waals surface area (Å²) in [5, 5.41) is 12.6. The quantitative estimate of drug-likeness (QED) is 0.0797. The third kappa shape index (κ3) is 21.8. The van der Waals surface area contributed by atoms with E-state index < -0.39 is 0 Å². The maximum Gasteiger partial charge on any atom is 0.407 e. The molecule has 5 heterocycles. The molecule has 4 saturated heterocycles. The van der Waals surface area contributed by atoms with Crippen LogP contribution in [0.1, 0.15) is 311 Å². The van der Waals surface area contributed by atoms with Gasteiger partial charge in [0.15, 0.2) is 0 Å². The van der Waals surface area contributed by atoms with Crippen LogP contribution in [0, 0.1) is 27.6 Å². The van der Waals surface area contributed by atoms with E-state index in [1.807, 2.05) is 0 Å². The molecule has 0 radical (unpaired) electrons. The van der Waals surface area contributed by atoms with Gasteiger partial charge >= 0.3 is 6.09 Å². The summed E-state index contributed by atoms with van der Waals surface area (Å²) in [7, 11) is 1.43. The number of ether oxygens (including phenoxy) is 1. The molecule has 5 atom stereocenters. The molecule has 0 bridgehead atoms. The predicted octanol–water partition coefficient (Wildman–Crippen LogP) is 20.0. The number of hydrogen-bond acceptors (Lipinski definition) is 10. The van der Waals surface area contributed by atoms with Gasteiger partial charge in [0.05, 0.1) is 43.1 Å². The van der Waals surface area contributed by atoms with Crippen LogP contribution in [0.5, 0.6) is 0 Å². The van der Waals surface area contributed by atoms with Gasteiger partial charge < -0.3 is 50.0 Å². The molecule has 106 heavy (non-hydrogen) atoms. The second-order valence-corrected chi connectivity index (χ2v) is 38.6. The fourth-order valence-corrected chi connectivity index (χ4v) is 19.5. The van der Waals surface area contributed by atoms with Crippen molar-refractivity contribution < 1.29 is 34.0 Å². The molecule has 590 valence electrons. The van der Waals surface area contributed by atoms with Crippen LogP contribution in [0.4, 0.5) is 4.79 Å². The normalized spacial score (nSPS) is 22.7. The van der Waals surface area contributed by atoms with Gasteiger partial charge in [-0.25, -0.2) is 4.79 Å². The lowest BCUT2D eigenvalue weighted by Gasteiger charge is -2.47. The van der Waals surface area contributed by atoms with Gasteiger partial charge in [-0.05, 0) is 290 Å². The Kier molecular flexibility index (Phi) is 27.2. The zero-order chi connectivity index (χ0) is 76.3. The summed E-state index contributed by atoms with van der Waals surface area (Å²) >= 11 is 0. The number of piperidine rings is 4. The summed E-state index contributed by atoms with van der Waals surface area (Å²) in [6.07, 6.45) is 25.3. The SMILES string of the molecule is CC(=O)N[C@@H]1CCC2(CCN(CCC(C)(C)C)CC2)c2ccccc21.CC(=O)N[C@H]1CCC2(CCN(CCC(C)CC(C)(C)C)CC2)c2ccccc21.CC(C)(C)CCN1CCC2(CC1)C[C@H](NC(=O)c1ccoc1)c1ccccc12.COC(=O)N[C@H]1CC2(CCN(CCC(C)(C)C)CC2)c2ccccc21.[HH].[HH].[HH].[HH]. The number of carbonyl (C=O) groups is 4. The number of hydrogen-bond donors (Lipinski definition) is 4. The van der Waals surface area contributed by atoms with E-state index in [4.69, 9.17) is 9.15 Å². The van der Waals surface area contributed by atoms with Crippen LogP contribution in [0.15, 0.2) is 120 Å². The van der Waals surface area contributed by atoms with Crippen LogP contribution in [0.3, 0.4) is 0 Å². The topological polar surface area (TPSA) is 152 Å². The summed E-state index contributed by atoms with van der Waals surface area (Å²) in [5.74, 6) is 0.903. The number of carbonyl (C=O) groups excluding carboxylic acids is 4. The standard InChI is InChI=1S/C25H40N2O.C24H32N2O2.C22H34N2O.C21H32N2O2.4H2/c1-19(18-24(3,4)5)11-15-27-16-13-25(14-17-27)12-10-23(26-20(2)28)21-8-6-7-9-22(21)25;1-23(2,3)9-12-26-13-10-24(11-14-26)16-21(19-6-4-5-7-20(19)24)25-22(27)18-8-15-28-17-18;1-17(25)23-20-9-10-22(19-8-6-5-7-18(19)20)12-15-24(16-13-22)14-11-21(2,3)4;1-20(2,3)9-12-23-13-10-21(11-14-23)15-18(22-19(24)25-4)16-7-5-6-8-17(16)21;;;;/h6-9,19,23H,10-18H2,1-5H3,(H,26,28);4-8,15,17,21H,9-14,16H2,1-3H3,(H,25,27);5-8,20H,9-16H2,1-4H3,(H,23,25);5-8,18H,9-15H2,1-4H3,(H,22,24);4*1H/t19?,23-;21-;20-;18-;;;;/m0010..../s1. The van der Waals surface area contributed by atoms with Crippen molar-refractivity contribution in [1.29, 1.82) is 0 Å². The van der Waals surface area contributed by atoms with Gasteiger partial charge in [0.1, 0.15) is 6.26 Å². The number of amides is 4. The van der Waals surface area contributed by atoms with Gasteiger partial charge in [-0.3, -0.25) is 14.4 Å². The number of benzene rings is 4. The molecular weight excluding hydrogens is 1310 g/mol. The molecule has 4 aliphatic carbocycles. The van der Waals surface area contributed by atoms with Crippen molar-refractivity contribution in [3.8, 4) is 0 Å². The van der Waals surface area contributed by atoms with Crippen LogP contribution in [-0.2, 0) is 36.0 Å². The Bertz CT molecular complexity index is 3670. The maximum atomic E-state index is 12.6. The van der Waals surface area contributed by atoms with E-state index in [0.717, 1.165) is 57.8 Å². The molecule has 13 rings (SSSR count). The molecule has 14 nitrogen and oxygen atoms in total. The van der Waals surface area contributed by atoms with Gasteiger partial charge in [0.25, 0.3) is 5.91 Å². The lowest BCUT2D eigenvalue weighted by Crippen LogP contribution is -2.46. The molecule has 1 aromatic heterocycles. The van der Waals surface area contributed by atoms with E-state index in [-0.39, 0.29) is 64.5 Å². The molecule has 0 saturated carbocycles. The maximum absolute atomic E-state index is 12.6. The van der Waals surface area contributed by atoms with E-state index in [2.05, 4.69) is 228 Å². The predicted molar refractivity (Wildman–Crippen MR) is 442 cm³/mol. The second-order valence-electron chi connectivity index (χ2n) is 38.6. The number of likely N-dealkylation sites (tertiary alicyclic amines) is 4. The van der Waals surface area contributed by atoms with Crippen molar-refractivity contribution in [2.75, 3.05) is 85.6 Å². The van der Waals surface area contributed by atoms with E-state index in [9.17, 15) is 19.2 Å². The molecule has 4 fully saturated rings. The first-order valence-electron chi connectivity index (χ1n) is 41.2. The number of nitrogens with one attached hydrogen (secondary N) is 4. The minimum atomic E-state index is -0.334. The average Bonchev–Trinajstić information content (AvgIpc) is 0.935. The molecule has 8 aliphatic rings. The van der Waals surface area contributed by atoms with Crippen LogP contribution >= 0.6 is 0 Å². The third-order valence-corrected chi connectivity index (χ3v) is 25.6. The average molecular weight is 1460 g/mol. The monoisotopic (exact) mass is 1460 g/mol. The van der Waals surface area contributed by atoms with Gasteiger partial charge in [0, 0.05) is 30.4 Å². The fourth-order valence-electron chi connectivity index (χ4n) is 19.5. The van der Waals surface area contributed by atoms with Crippen molar-refractivity contribution in [2.45, 2.75) is 272 Å². The Morgan fingerprint density at radius 1 is 0.443 bits per heavy atom. The number of alkyl carbamates (subject to hydrolysis) is 1.